The number of hydrogen-bond donors (Lipinski definition) is 2. The molecule has 2 aliphatic rings. The maximum atomic E-state index is 15.4. The number of hydrogen-bond acceptors (Lipinski definition) is 6. The third-order valence-corrected chi connectivity index (χ3v) is 13.9. The van der Waals surface area contributed by atoms with Crippen molar-refractivity contribution in [2.45, 2.75) is 154 Å². The van der Waals surface area contributed by atoms with Crippen molar-refractivity contribution < 1.29 is 22.7 Å². The number of anilines is 2. The molecule has 0 unspecified atom stereocenters. The molecule has 45 heavy (non-hydrogen) atoms. The van der Waals surface area contributed by atoms with Crippen LogP contribution in [0.4, 0.5) is 25.1 Å². The molecular formula is C34H55F2N5O3Si. The van der Waals surface area contributed by atoms with E-state index in [0.717, 1.165) is 30.8 Å². The number of ether oxygens (including phenoxy) is 1. The Hall–Kier alpha value is -2.53. The number of rotatable bonds is 9. The molecule has 11 heteroatoms. The molecular weight excluding hydrogens is 592 g/mol. The van der Waals surface area contributed by atoms with Crippen LogP contribution >= 0.6 is 0 Å². The number of nitrogens with one attached hydrogen (secondary N) is 2. The smallest absolute Gasteiger partial charge is 0.407 e. The summed E-state index contributed by atoms with van der Waals surface area (Å²) in [6.45, 7) is 23.0. The summed E-state index contributed by atoms with van der Waals surface area (Å²) in [4.78, 5) is 16.1. The average Bonchev–Trinajstić information content (AvgIpc) is 3.47. The van der Waals surface area contributed by atoms with E-state index in [9.17, 15) is 4.79 Å². The molecule has 1 amide bonds. The first kappa shape index (κ1) is 35.3. The largest absolute Gasteiger partial charge is 0.444 e. The normalized spacial score (nSPS) is 23.0. The Bertz CT molecular complexity index is 1340. The van der Waals surface area contributed by atoms with Crippen molar-refractivity contribution in [3.8, 4) is 0 Å². The van der Waals surface area contributed by atoms with Crippen LogP contribution in [0.2, 0.25) is 18.1 Å². The minimum Gasteiger partial charge on any atom is -0.444 e. The summed E-state index contributed by atoms with van der Waals surface area (Å²) < 4.78 is 44.8. The van der Waals surface area contributed by atoms with Crippen LogP contribution in [0.5, 0.6) is 0 Å². The number of halogens is 2. The number of nitrogens with zero attached hydrogens (tertiary/aromatic N) is 3. The number of aromatic nitrogens is 3. The molecule has 0 spiro atoms. The number of amides is 1. The predicted molar refractivity (Wildman–Crippen MR) is 178 cm³/mol. The van der Waals surface area contributed by atoms with E-state index in [1.807, 2.05) is 4.68 Å². The highest BCUT2D eigenvalue weighted by Crippen LogP contribution is 2.44. The quantitative estimate of drug-likeness (QED) is 0.264. The van der Waals surface area contributed by atoms with E-state index in [-0.39, 0.29) is 46.7 Å². The summed E-state index contributed by atoms with van der Waals surface area (Å²) in [7, 11) is -1.86. The molecule has 0 aliphatic heterocycles. The van der Waals surface area contributed by atoms with Gasteiger partial charge in [-0.05, 0) is 110 Å². The maximum Gasteiger partial charge on any atom is 0.407 e. The Morgan fingerprint density at radius 1 is 1.02 bits per heavy atom. The zero-order valence-corrected chi connectivity index (χ0v) is 30.2. The number of carbonyl (C=O) groups excluding carboxylic acids is 1. The maximum absolute atomic E-state index is 15.4. The minimum absolute atomic E-state index is 0.151. The van der Waals surface area contributed by atoms with Crippen LogP contribution < -0.4 is 10.6 Å². The van der Waals surface area contributed by atoms with Crippen LogP contribution in [0.15, 0.2) is 24.4 Å². The fourth-order valence-electron chi connectivity index (χ4n) is 5.93. The SMILES string of the molecule is CC(C)(C)OC(=O)NC1CC(CC(F)(F)c2cc(Nc3cc([C@H]4CC[C@@H](O[Si](C)(C)C(C)(C)C)C4)nn3C(C)(C)C)ccn2)C1. The van der Waals surface area contributed by atoms with Gasteiger partial charge in [-0.3, -0.25) is 4.98 Å². The van der Waals surface area contributed by atoms with E-state index in [0.29, 0.717) is 18.5 Å². The Labute approximate surface area is 269 Å². The summed E-state index contributed by atoms with van der Waals surface area (Å²) in [6, 6.07) is 5.06. The van der Waals surface area contributed by atoms with Crippen molar-refractivity contribution >= 4 is 25.9 Å². The predicted octanol–water partition coefficient (Wildman–Crippen LogP) is 9.22. The first-order valence-corrected chi connectivity index (χ1v) is 19.3. The molecule has 0 radical (unpaired) electrons. The molecule has 2 heterocycles. The van der Waals surface area contributed by atoms with Crippen LogP contribution in [0.1, 0.15) is 118 Å². The fraction of sp³-hybridized carbons (Fsp3) is 0.735. The summed E-state index contributed by atoms with van der Waals surface area (Å²) in [5.74, 6) is -2.25. The molecule has 2 aromatic rings. The second kappa shape index (κ2) is 12.6. The van der Waals surface area contributed by atoms with E-state index in [4.69, 9.17) is 14.3 Å². The molecule has 2 atom stereocenters. The monoisotopic (exact) mass is 647 g/mol. The molecule has 0 bridgehead atoms. The topological polar surface area (TPSA) is 90.3 Å². The van der Waals surface area contributed by atoms with Crippen LogP contribution in [-0.2, 0) is 20.6 Å². The fourth-order valence-corrected chi connectivity index (χ4v) is 7.33. The minimum atomic E-state index is -3.10. The lowest BCUT2D eigenvalue weighted by Crippen LogP contribution is -2.47. The van der Waals surface area contributed by atoms with Gasteiger partial charge in [0, 0.05) is 42.4 Å². The van der Waals surface area contributed by atoms with Gasteiger partial charge in [0.2, 0.25) is 0 Å². The van der Waals surface area contributed by atoms with Gasteiger partial charge in [0.05, 0.1) is 11.2 Å². The number of pyridine rings is 1. The molecule has 2 saturated carbocycles. The molecule has 0 aromatic carbocycles. The van der Waals surface area contributed by atoms with Crippen LogP contribution in [0.25, 0.3) is 0 Å². The molecule has 4 rings (SSSR count). The lowest BCUT2D eigenvalue weighted by molar-refractivity contribution is -0.0480. The van der Waals surface area contributed by atoms with E-state index in [1.165, 1.54) is 12.3 Å². The van der Waals surface area contributed by atoms with Crippen molar-refractivity contribution in [2.24, 2.45) is 5.92 Å². The lowest BCUT2D eigenvalue weighted by Gasteiger charge is -2.38. The molecule has 2 aromatic heterocycles. The highest BCUT2D eigenvalue weighted by molar-refractivity contribution is 6.74. The highest BCUT2D eigenvalue weighted by atomic mass is 28.4. The molecule has 252 valence electrons. The Kier molecular flexibility index (Phi) is 9.88. The Balaban J connectivity index is 1.41. The molecule has 2 fully saturated rings. The molecule has 2 N–H and O–H groups in total. The van der Waals surface area contributed by atoms with Gasteiger partial charge in [-0.1, -0.05) is 20.8 Å². The standard InChI is InChI=1S/C34H55F2N5O3Si/c1-31(2,3)41-29(20-27(40-41)23-12-13-26(18-23)44-45(10,11)33(7,8)9)38-24-14-15-37-28(19-24)34(35,36)21-22-16-25(17-22)39-30(42)43-32(4,5)6/h14-15,19-20,22-23,25-26H,12-13,16-18,21H2,1-11H3,(H,37,38)(H,39,42)/t22?,23-,25?,26+/m0/s1. The highest BCUT2D eigenvalue weighted by Gasteiger charge is 2.43. The molecule has 0 saturated heterocycles. The zero-order valence-electron chi connectivity index (χ0n) is 29.2. The third kappa shape index (κ3) is 9.05. The first-order valence-electron chi connectivity index (χ1n) is 16.4. The second-order valence-electron chi connectivity index (χ2n) is 16.7. The van der Waals surface area contributed by atoms with Gasteiger partial charge in [0.25, 0.3) is 5.92 Å². The van der Waals surface area contributed by atoms with E-state index >= 15 is 8.78 Å². The van der Waals surface area contributed by atoms with Gasteiger partial charge >= 0.3 is 6.09 Å². The van der Waals surface area contributed by atoms with Crippen molar-refractivity contribution in [2.75, 3.05) is 5.32 Å². The summed E-state index contributed by atoms with van der Waals surface area (Å²) in [5, 5.41) is 11.3. The van der Waals surface area contributed by atoms with E-state index < -0.39 is 25.9 Å². The first-order chi connectivity index (χ1) is 20.5. The summed E-state index contributed by atoms with van der Waals surface area (Å²) in [5.41, 5.74) is 0.369. The number of carbonyl (C=O) groups is 1. The van der Waals surface area contributed by atoms with Gasteiger partial charge in [0.1, 0.15) is 17.1 Å². The van der Waals surface area contributed by atoms with Crippen molar-refractivity contribution in [1.29, 1.82) is 0 Å². The van der Waals surface area contributed by atoms with Crippen LogP contribution in [0.3, 0.4) is 0 Å². The van der Waals surface area contributed by atoms with Gasteiger partial charge in [-0.2, -0.15) is 13.9 Å². The van der Waals surface area contributed by atoms with Crippen LogP contribution in [0, 0.1) is 5.92 Å². The van der Waals surface area contributed by atoms with Crippen molar-refractivity contribution in [3.05, 3.63) is 35.8 Å². The van der Waals surface area contributed by atoms with E-state index in [1.54, 1.807) is 26.8 Å². The van der Waals surface area contributed by atoms with Crippen LogP contribution in [-0.4, -0.2) is 46.9 Å². The molecule has 2 aliphatic carbocycles. The Morgan fingerprint density at radius 3 is 2.29 bits per heavy atom. The number of alkyl carbamates (subject to hydrolysis) is 1. The van der Waals surface area contributed by atoms with E-state index in [2.05, 4.69) is 76.3 Å². The van der Waals surface area contributed by atoms with Crippen molar-refractivity contribution in [1.82, 2.24) is 20.1 Å². The van der Waals surface area contributed by atoms with Gasteiger partial charge in [0.15, 0.2) is 8.32 Å². The summed E-state index contributed by atoms with van der Waals surface area (Å²) in [6.07, 6.45) is 4.78. The number of alkyl halides is 2. The lowest BCUT2D eigenvalue weighted by atomic mass is 9.76. The average molecular weight is 648 g/mol. The van der Waals surface area contributed by atoms with Gasteiger partial charge in [-0.15, -0.1) is 0 Å². The zero-order chi connectivity index (χ0) is 33.6. The summed E-state index contributed by atoms with van der Waals surface area (Å²) >= 11 is 0. The van der Waals surface area contributed by atoms with Crippen molar-refractivity contribution in [3.63, 3.8) is 0 Å². The van der Waals surface area contributed by atoms with Gasteiger partial charge in [-0.25, -0.2) is 9.48 Å². The second-order valence-corrected chi connectivity index (χ2v) is 21.4. The third-order valence-electron chi connectivity index (χ3n) is 9.34. The Morgan fingerprint density at radius 2 is 1.69 bits per heavy atom. The molecule has 8 nitrogen and oxygen atoms in total. The van der Waals surface area contributed by atoms with Gasteiger partial charge < -0.3 is 19.8 Å².